The van der Waals surface area contributed by atoms with E-state index in [0.29, 0.717) is 23.2 Å². The molecule has 0 aliphatic rings. The lowest BCUT2D eigenvalue weighted by molar-refractivity contribution is 1.07. The summed E-state index contributed by atoms with van der Waals surface area (Å²) >= 11 is 0. The molecule has 0 spiro atoms. The minimum Gasteiger partial charge on any atom is -0.399 e. The number of nitrogen functional groups attached to an aromatic ring is 1. The SMILES string of the molecule is Nc1ccc(-c2nc(-c3ccccc3)nc(-c3ccccc3)n2)cc1. The topological polar surface area (TPSA) is 64.7 Å². The summed E-state index contributed by atoms with van der Waals surface area (Å²) in [7, 11) is 0. The van der Waals surface area contributed by atoms with Crippen molar-refractivity contribution in [2.75, 3.05) is 5.73 Å². The second-order valence-electron chi connectivity index (χ2n) is 5.66. The molecule has 25 heavy (non-hydrogen) atoms. The summed E-state index contributed by atoms with van der Waals surface area (Å²) in [6.45, 7) is 0. The summed E-state index contributed by atoms with van der Waals surface area (Å²) in [5.74, 6) is 1.94. The second-order valence-corrected chi connectivity index (χ2v) is 5.66. The molecular weight excluding hydrogens is 308 g/mol. The molecular formula is C21H16N4. The average molecular weight is 324 g/mol. The third-order valence-electron chi connectivity index (χ3n) is 3.87. The standard InChI is InChI=1S/C21H16N4/c22-18-13-11-17(12-14-18)21-24-19(15-7-3-1-4-8-15)23-20(25-21)16-9-5-2-6-10-16/h1-14H,22H2. The zero-order chi connectivity index (χ0) is 17.1. The summed E-state index contributed by atoms with van der Waals surface area (Å²) in [6, 6.07) is 27.4. The van der Waals surface area contributed by atoms with Crippen LogP contribution in [0.5, 0.6) is 0 Å². The molecule has 2 N–H and O–H groups in total. The predicted molar refractivity (Wildman–Crippen MR) is 101 cm³/mol. The first-order valence-corrected chi connectivity index (χ1v) is 8.02. The lowest BCUT2D eigenvalue weighted by Gasteiger charge is -2.08. The molecule has 4 rings (SSSR count). The van der Waals surface area contributed by atoms with E-state index in [0.717, 1.165) is 16.7 Å². The highest BCUT2D eigenvalue weighted by Crippen LogP contribution is 2.24. The van der Waals surface area contributed by atoms with Crippen molar-refractivity contribution < 1.29 is 0 Å². The highest BCUT2D eigenvalue weighted by molar-refractivity contribution is 5.67. The van der Waals surface area contributed by atoms with Gasteiger partial charge in [-0.15, -0.1) is 0 Å². The van der Waals surface area contributed by atoms with Gasteiger partial charge in [0.25, 0.3) is 0 Å². The lowest BCUT2D eigenvalue weighted by Crippen LogP contribution is -2.00. The zero-order valence-electron chi connectivity index (χ0n) is 13.5. The van der Waals surface area contributed by atoms with Gasteiger partial charge in [0.1, 0.15) is 0 Å². The van der Waals surface area contributed by atoms with E-state index in [-0.39, 0.29) is 0 Å². The highest BCUT2D eigenvalue weighted by Gasteiger charge is 2.11. The van der Waals surface area contributed by atoms with Gasteiger partial charge >= 0.3 is 0 Å². The van der Waals surface area contributed by atoms with Crippen molar-refractivity contribution in [2.45, 2.75) is 0 Å². The third kappa shape index (κ3) is 3.23. The van der Waals surface area contributed by atoms with Crippen molar-refractivity contribution in [1.29, 1.82) is 0 Å². The monoisotopic (exact) mass is 324 g/mol. The molecule has 0 unspecified atom stereocenters. The Balaban J connectivity index is 1.90. The van der Waals surface area contributed by atoms with E-state index in [1.54, 1.807) is 0 Å². The summed E-state index contributed by atoms with van der Waals surface area (Å²) in [5, 5.41) is 0. The van der Waals surface area contributed by atoms with Gasteiger partial charge in [-0.2, -0.15) is 0 Å². The molecule has 1 heterocycles. The molecule has 0 bridgehead atoms. The van der Waals surface area contributed by atoms with Gasteiger partial charge in [0.05, 0.1) is 0 Å². The molecule has 4 aromatic rings. The Morgan fingerprint density at radius 2 is 0.800 bits per heavy atom. The minimum atomic E-state index is 0.632. The molecule has 0 atom stereocenters. The Labute approximate surface area is 146 Å². The fourth-order valence-electron chi connectivity index (χ4n) is 2.57. The first kappa shape index (κ1) is 15.0. The van der Waals surface area contributed by atoms with Gasteiger partial charge in [-0.1, -0.05) is 60.7 Å². The minimum absolute atomic E-state index is 0.632. The van der Waals surface area contributed by atoms with Gasteiger partial charge in [-0.25, -0.2) is 15.0 Å². The van der Waals surface area contributed by atoms with E-state index in [9.17, 15) is 0 Å². The van der Waals surface area contributed by atoms with Crippen LogP contribution in [0.4, 0.5) is 5.69 Å². The van der Waals surface area contributed by atoms with Crippen LogP contribution in [0.2, 0.25) is 0 Å². The summed E-state index contributed by atoms with van der Waals surface area (Å²) < 4.78 is 0. The van der Waals surface area contributed by atoms with Crippen LogP contribution in [0.1, 0.15) is 0 Å². The third-order valence-corrected chi connectivity index (χ3v) is 3.87. The number of aromatic nitrogens is 3. The van der Waals surface area contributed by atoms with Crippen molar-refractivity contribution in [1.82, 2.24) is 15.0 Å². The maximum atomic E-state index is 5.79. The van der Waals surface area contributed by atoms with Crippen molar-refractivity contribution in [3.63, 3.8) is 0 Å². The number of hydrogen-bond donors (Lipinski definition) is 1. The van der Waals surface area contributed by atoms with Crippen LogP contribution in [0.3, 0.4) is 0 Å². The largest absolute Gasteiger partial charge is 0.399 e. The van der Waals surface area contributed by atoms with Crippen molar-refractivity contribution in [3.8, 4) is 34.2 Å². The van der Waals surface area contributed by atoms with Gasteiger partial charge in [0.15, 0.2) is 17.5 Å². The molecule has 0 amide bonds. The van der Waals surface area contributed by atoms with Crippen LogP contribution in [0, 0.1) is 0 Å². The fourth-order valence-corrected chi connectivity index (χ4v) is 2.57. The molecule has 4 nitrogen and oxygen atoms in total. The summed E-state index contributed by atoms with van der Waals surface area (Å²) in [4.78, 5) is 14.0. The van der Waals surface area contributed by atoms with Crippen molar-refractivity contribution in [2.24, 2.45) is 0 Å². The molecule has 0 aliphatic carbocycles. The Morgan fingerprint density at radius 1 is 0.440 bits per heavy atom. The number of rotatable bonds is 3. The molecule has 3 aromatic carbocycles. The van der Waals surface area contributed by atoms with Crippen LogP contribution in [0.15, 0.2) is 84.9 Å². The molecule has 120 valence electrons. The summed E-state index contributed by atoms with van der Waals surface area (Å²) in [5.41, 5.74) is 9.33. The van der Waals surface area contributed by atoms with Crippen LogP contribution < -0.4 is 5.73 Å². The van der Waals surface area contributed by atoms with E-state index in [1.165, 1.54) is 0 Å². The number of benzene rings is 3. The fraction of sp³-hybridized carbons (Fsp3) is 0. The molecule has 0 fully saturated rings. The van der Waals surface area contributed by atoms with E-state index in [2.05, 4.69) is 15.0 Å². The Kier molecular flexibility index (Phi) is 3.92. The Bertz CT molecular complexity index is 924. The summed E-state index contributed by atoms with van der Waals surface area (Å²) in [6.07, 6.45) is 0. The second kappa shape index (κ2) is 6.53. The van der Waals surface area contributed by atoms with E-state index in [1.807, 2.05) is 84.9 Å². The Morgan fingerprint density at radius 3 is 1.20 bits per heavy atom. The maximum Gasteiger partial charge on any atom is 0.164 e. The lowest BCUT2D eigenvalue weighted by atomic mass is 10.1. The molecule has 0 radical (unpaired) electrons. The predicted octanol–water partition coefficient (Wildman–Crippen LogP) is 4.45. The van der Waals surface area contributed by atoms with Crippen LogP contribution in [-0.4, -0.2) is 15.0 Å². The molecule has 1 aromatic heterocycles. The van der Waals surface area contributed by atoms with Gasteiger partial charge in [0.2, 0.25) is 0 Å². The number of anilines is 1. The normalized spacial score (nSPS) is 10.6. The van der Waals surface area contributed by atoms with Gasteiger partial charge < -0.3 is 5.73 Å². The number of nitrogens with two attached hydrogens (primary N) is 1. The molecule has 0 aliphatic heterocycles. The number of nitrogens with zero attached hydrogens (tertiary/aromatic N) is 3. The number of hydrogen-bond acceptors (Lipinski definition) is 4. The zero-order valence-corrected chi connectivity index (χ0v) is 13.5. The van der Waals surface area contributed by atoms with Crippen LogP contribution in [-0.2, 0) is 0 Å². The quantitative estimate of drug-likeness (QED) is 0.565. The Hall–Kier alpha value is -3.53. The van der Waals surface area contributed by atoms with E-state index in [4.69, 9.17) is 5.73 Å². The highest BCUT2D eigenvalue weighted by atomic mass is 15.0. The first-order chi connectivity index (χ1) is 12.3. The van der Waals surface area contributed by atoms with Crippen LogP contribution in [0.25, 0.3) is 34.2 Å². The van der Waals surface area contributed by atoms with Crippen molar-refractivity contribution >= 4 is 5.69 Å². The van der Waals surface area contributed by atoms with Gasteiger partial charge in [-0.3, -0.25) is 0 Å². The molecule has 4 heteroatoms. The van der Waals surface area contributed by atoms with Crippen LogP contribution >= 0.6 is 0 Å². The van der Waals surface area contributed by atoms with E-state index < -0.39 is 0 Å². The molecule has 0 saturated carbocycles. The molecule has 0 saturated heterocycles. The van der Waals surface area contributed by atoms with E-state index >= 15 is 0 Å². The van der Waals surface area contributed by atoms with Crippen molar-refractivity contribution in [3.05, 3.63) is 84.9 Å². The maximum absolute atomic E-state index is 5.79. The van der Waals surface area contributed by atoms with Gasteiger partial charge in [0, 0.05) is 22.4 Å². The van der Waals surface area contributed by atoms with Gasteiger partial charge in [-0.05, 0) is 24.3 Å². The first-order valence-electron chi connectivity index (χ1n) is 8.02. The smallest absolute Gasteiger partial charge is 0.164 e. The average Bonchev–Trinajstić information content (AvgIpc) is 2.69.